The van der Waals surface area contributed by atoms with Crippen LogP contribution in [0.5, 0.6) is 0 Å². The van der Waals surface area contributed by atoms with Crippen molar-refractivity contribution in [2.75, 3.05) is 17.1 Å². The van der Waals surface area contributed by atoms with Gasteiger partial charge in [-0.3, -0.25) is 4.31 Å². The lowest BCUT2D eigenvalue weighted by molar-refractivity contribution is 0.594. The normalized spacial score (nSPS) is 11.2. The zero-order valence-corrected chi connectivity index (χ0v) is 10.5. The summed E-state index contributed by atoms with van der Waals surface area (Å²) in [5.74, 6) is 0.498. The number of nitrogens with zero attached hydrogens (tertiary/aromatic N) is 3. The number of aromatic nitrogens is 2. The third kappa shape index (κ3) is 2.25. The predicted octanol–water partition coefficient (Wildman–Crippen LogP) is 0.884. The molecular weight excluding hydrogens is 252 g/mol. The quantitative estimate of drug-likeness (QED) is 0.889. The van der Waals surface area contributed by atoms with Crippen molar-refractivity contribution in [2.45, 2.75) is 4.90 Å². The maximum absolute atomic E-state index is 12.3. The number of anilines is 2. The molecule has 0 unspecified atom stereocenters. The van der Waals surface area contributed by atoms with E-state index >= 15 is 0 Å². The van der Waals surface area contributed by atoms with Gasteiger partial charge in [0, 0.05) is 25.5 Å². The second kappa shape index (κ2) is 4.61. The van der Waals surface area contributed by atoms with Crippen LogP contribution in [0, 0.1) is 0 Å². The average molecular weight is 264 g/mol. The summed E-state index contributed by atoms with van der Waals surface area (Å²) < 4.78 is 25.7. The molecule has 0 aliphatic carbocycles. The average Bonchev–Trinajstić information content (AvgIpc) is 2.39. The molecule has 2 heterocycles. The molecule has 2 aromatic heterocycles. The fourth-order valence-corrected chi connectivity index (χ4v) is 2.58. The second-order valence-electron chi connectivity index (χ2n) is 3.58. The Balaban J connectivity index is 2.44. The lowest BCUT2D eigenvalue weighted by Crippen LogP contribution is -2.27. The van der Waals surface area contributed by atoms with Crippen molar-refractivity contribution in [2.24, 2.45) is 0 Å². The van der Waals surface area contributed by atoms with Crippen LogP contribution in [0.4, 0.5) is 11.6 Å². The minimum atomic E-state index is -3.66. The van der Waals surface area contributed by atoms with Gasteiger partial charge in [-0.05, 0) is 18.2 Å². The third-order valence-corrected chi connectivity index (χ3v) is 4.14. The molecule has 0 aliphatic heterocycles. The first-order chi connectivity index (χ1) is 8.51. The predicted molar refractivity (Wildman–Crippen MR) is 68.5 cm³/mol. The Hall–Kier alpha value is -2.15. The first-order valence-corrected chi connectivity index (χ1v) is 6.57. The molecule has 6 nitrogen and oxygen atoms in total. The van der Waals surface area contributed by atoms with Gasteiger partial charge in [0.15, 0.2) is 0 Å². The van der Waals surface area contributed by atoms with Crippen molar-refractivity contribution in [1.29, 1.82) is 0 Å². The van der Waals surface area contributed by atoms with E-state index in [0.29, 0.717) is 5.82 Å². The van der Waals surface area contributed by atoms with E-state index in [9.17, 15) is 8.42 Å². The summed E-state index contributed by atoms with van der Waals surface area (Å²) in [6.45, 7) is 0. The minimum absolute atomic E-state index is 0.0863. The Morgan fingerprint density at radius 3 is 2.56 bits per heavy atom. The Morgan fingerprint density at radius 2 is 1.94 bits per heavy atom. The number of pyridine rings is 2. The van der Waals surface area contributed by atoms with Crippen molar-refractivity contribution in [3.8, 4) is 0 Å². The van der Waals surface area contributed by atoms with E-state index in [2.05, 4.69) is 9.97 Å². The molecule has 0 fully saturated rings. The second-order valence-corrected chi connectivity index (χ2v) is 5.55. The number of nitrogens with two attached hydrogens (primary N) is 1. The van der Waals surface area contributed by atoms with Gasteiger partial charge in [-0.25, -0.2) is 18.4 Å². The van der Waals surface area contributed by atoms with E-state index < -0.39 is 10.0 Å². The third-order valence-electron chi connectivity index (χ3n) is 2.38. The minimum Gasteiger partial charge on any atom is -0.384 e. The van der Waals surface area contributed by atoms with E-state index in [1.165, 1.54) is 31.6 Å². The smallest absolute Gasteiger partial charge is 0.265 e. The monoisotopic (exact) mass is 264 g/mol. The molecule has 18 heavy (non-hydrogen) atoms. The van der Waals surface area contributed by atoms with Gasteiger partial charge >= 0.3 is 0 Å². The molecular formula is C11H12N4O2S. The molecule has 0 bridgehead atoms. The van der Waals surface area contributed by atoms with Crippen LogP contribution < -0.4 is 10.0 Å². The van der Waals surface area contributed by atoms with E-state index in [-0.39, 0.29) is 10.7 Å². The van der Waals surface area contributed by atoms with E-state index in [1.807, 2.05) is 0 Å². The van der Waals surface area contributed by atoms with Gasteiger partial charge in [-0.15, -0.1) is 0 Å². The van der Waals surface area contributed by atoms with E-state index in [1.54, 1.807) is 18.2 Å². The van der Waals surface area contributed by atoms with Gasteiger partial charge in [0.1, 0.15) is 11.6 Å². The summed E-state index contributed by atoms with van der Waals surface area (Å²) in [6, 6.07) is 7.76. The van der Waals surface area contributed by atoms with Crippen molar-refractivity contribution < 1.29 is 8.42 Å². The lowest BCUT2D eigenvalue weighted by atomic mass is 10.5. The maximum Gasteiger partial charge on any atom is 0.265 e. The number of rotatable bonds is 3. The molecule has 0 amide bonds. The lowest BCUT2D eigenvalue weighted by Gasteiger charge is -2.18. The van der Waals surface area contributed by atoms with Crippen LogP contribution in [0.25, 0.3) is 0 Å². The standard InChI is InChI=1S/C11H12N4O2S/c1-15(11-4-2-3-6-14-11)18(16,17)9-5-7-13-10(12)8-9/h2-8H,1H3,(H2,12,13). The molecule has 0 atom stereocenters. The van der Waals surface area contributed by atoms with E-state index in [4.69, 9.17) is 5.73 Å². The first kappa shape index (κ1) is 12.3. The van der Waals surface area contributed by atoms with Crippen molar-refractivity contribution >= 4 is 21.7 Å². The molecule has 0 aromatic carbocycles. The summed E-state index contributed by atoms with van der Waals surface area (Å²) in [6.07, 6.45) is 2.89. The van der Waals surface area contributed by atoms with Crippen molar-refractivity contribution in [1.82, 2.24) is 9.97 Å². The fraction of sp³-hybridized carbons (Fsp3) is 0.0909. The van der Waals surface area contributed by atoms with Crippen molar-refractivity contribution in [3.63, 3.8) is 0 Å². The van der Waals surface area contributed by atoms with Gasteiger partial charge < -0.3 is 5.73 Å². The van der Waals surface area contributed by atoms with E-state index in [0.717, 1.165) is 4.31 Å². The molecule has 94 valence electrons. The molecule has 0 saturated carbocycles. The highest BCUT2D eigenvalue weighted by molar-refractivity contribution is 7.92. The van der Waals surface area contributed by atoms with Crippen LogP contribution in [0.3, 0.4) is 0 Å². The molecule has 2 N–H and O–H groups in total. The zero-order valence-electron chi connectivity index (χ0n) is 9.69. The largest absolute Gasteiger partial charge is 0.384 e. The molecule has 7 heteroatoms. The van der Waals surface area contributed by atoms with Gasteiger partial charge in [-0.1, -0.05) is 6.07 Å². The Kier molecular flexibility index (Phi) is 3.15. The van der Waals surface area contributed by atoms with Crippen LogP contribution in [0.1, 0.15) is 0 Å². The molecule has 0 saturated heterocycles. The SMILES string of the molecule is CN(c1ccccn1)S(=O)(=O)c1ccnc(N)c1. The summed E-state index contributed by atoms with van der Waals surface area (Å²) in [5, 5.41) is 0. The molecule has 0 spiro atoms. The molecule has 2 rings (SSSR count). The summed E-state index contributed by atoms with van der Waals surface area (Å²) in [7, 11) is -2.22. The summed E-state index contributed by atoms with van der Waals surface area (Å²) in [4.78, 5) is 7.84. The number of nitrogen functional groups attached to an aromatic ring is 1. The number of hydrogen-bond donors (Lipinski definition) is 1. The highest BCUT2D eigenvalue weighted by Gasteiger charge is 2.22. The topological polar surface area (TPSA) is 89.2 Å². The van der Waals surface area contributed by atoms with Crippen molar-refractivity contribution in [3.05, 3.63) is 42.7 Å². The summed E-state index contributed by atoms with van der Waals surface area (Å²) in [5.41, 5.74) is 5.48. The number of sulfonamides is 1. The van der Waals surface area contributed by atoms with Gasteiger partial charge in [0.05, 0.1) is 4.90 Å². The maximum atomic E-state index is 12.3. The Morgan fingerprint density at radius 1 is 1.17 bits per heavy atom. The van der Waals surface area contributed by atoms with Gasteiger partial charge in [-0.2, -0.15) is 0 Å². The van der Waals surface area contributed by atoms with Crippen LogP contribution in [-0.4, -0.2) is 25.4 Å². The molecule has 2 aromatic rings. The Labute approximate surface area is 105 Å². The Bertz CT molecular complexity index is 643. The van der Waals surface area contributed by atoms with Crippen LogP contribution in [0.2, 0.25) is 0 Å². The van der Waals surface area contributed by atoms with Crippen LogP contribution >= 0.6 is 0 Å². The fourth-order valence-electron chi connectivity index (χ4n) is 1.41. The van der Waals surface area contributed by atoms with Gasteiger partial charge in [0.25, 0.3) is 10.0 Å². The zero-order chi connectivity index (χ0) is 13.2. The highest BCUT2D eigenvalue weighted by atomic mass is 32.2. The first-order valence-electron chi connectivity index (χ1n) is 5.13. The van der Waals surface area contributed by atoms with Crippen LogP contribution in [0.15, 0.2) is 47.6 Å². The van der Waals surface area contributed by atoms with Gasteiger partial charge in [0.2, 0.25) is 0 Å². The van der Waals surface area contributed by atoms with Crippen LogP contribution in [-0.2, 0) is 10.0 Å². The number of hydrogen-bond acceptors (Lipinski definition) is 5. The summed E-state index contributed by atoms with van der Waals surface area (Å²) >= 11 is 0. The molecule has 0 radical (unpaired) electrons. The highest BCUT2D eigenvalue weighted by Crippen LogP contribution is 2.20. The molecule has 0 aliphatic rings.